The summed E-state index contributed by atoms with van der Waals surface area (Å²) in [5.41, 5.74) is 4.16. The molecule has 0 fully saturated rings. The average Bonchev–Trinajstić information content (AvgIpc) is 1.84. The molecule has 2 atom stereocenters. The van der Waals surface area contributed by atoms with Gasteiger partial charge in [0, 0.05) is 13.0 Å². The molecule has 0 unspecified atom stereocenters. The van der Waals surface area contributed by atoms with Crippen LogP contribution in [0.2, 0.25) is 0 Å². The Morgan fingerprint density at radius 2 is 1.67 bits per heavy atom. The van der Waals surface area contributed by atoms with E-state index in [-0.39, 0.29) is 12.0 Å². The summed E-state index contributed by atoms with van der Waals surface area (Å²) in [7, 11) is 0. The molecular weight excluding hydrogens is 154 g/mol. The molecule has 3 heteroatoms. The third-order valence-corrected chi connectivity index (χ3v) is 2.52. The second-order valence-electron chi connectivity index (χ2n) is 4.62. The van der Waals surface area contributed by atoms with E-state index in [2.05, 4.69) is 0 Å². The van der Waals surface area contributed by atoms with Crippen molar-refractivity contribution in [1.82, 2.24) is 0 Å². The number of aliphatic hydroxyl groups excluding tert-OH is 1. The second kappa shape index (κ2) is 3.73. The van der Waals surface area contributed by atoms with Crippen molar-refractivity contribution < 1.29 is 10.2 Å². The zero-order chi connectivity index (χ0) is 9.99. The predicted molar refractivity (Wildman–Crippen MR) is 49.8 cm³/mol. The Labute approximate surface area is 74.6 Å². The minimum atomic E-state index is -0.869. The molecule has 0 aliphatic carbocycles. The van der Waals surface area contributed by atoms with Gasteiger partial charge in [0.15, 0.2) is 0 Å². The van der Waals surface area contributed by atoms with Crippen molar-refractivity contribution >= 4 is 0 Å². The standard InChI is InChI=1S/C9H21NO2/c1-8(2,3)9(4,12)5-7(11)6-10/h7,11-12H,5-6,10H2,1-4H3/t7-,9-/m0/s1. The summed E-state index contributed by atoms with van der Waals surface area (Å²) < 4.78 is 0. The summed E-state index contributed by atoms with van der Waals surface area (Å²) in [6, 6.07) is 0. The van der Waals surface area contributed by atoms with Crippen LogP contribution in [0, 0.1) is 5.41 Å². The maximum absolute atomic E-state index is 9.94. The van der Waals surface area contributed by atoms with Crippen molar-refractivity contribution in [1.29, 1.82) is 0 Å². The largest absolute Gasteiger partial charge is 0.392 e. The van der Waals surface area contributed by atoms with E-state index in [0.29, 0.717) is 6.42 Å². The lowest BCUT2D eigenvalue weighted by Gasteiger charge is -2.38. The fraction of sp³-hybridized carbons (Fsp3) is 1.00. The van der Waals surface area contributed by atoms with Crippen molar-refractivity contribution in [2.45, 2.75) is 45.8 Å². The van der Waals surface area contributed by atoms with Gasteiger partial charge in [-0.3, -0.25) is 0 Å². The predicted octanol–water partition coefficient (Wildman–Crippen LogP) is 0.493. The maximum Gasteiger partial charge on any atom is 0.0692 e. The first kappa shape index (κ1) is 11.9. The molecular formula is C9H21NO2. The van der Waals surface area contributed by atoms with Crippen LogP contribution in [0.25, 0.3) is 0 Å². The molecule has 0 aliphatic rings. The van der Waals surface area contributed by atoms with E-state index in [1.54, 1.807) is 6.92 Å². The minimum Gasteiger partial charge on any atom is -0.392 e. The van der Waals surface area contributed by atoms with Crippen LogP contribution in [-0.4, -0.2) is 28.5 Å². The first-order valence-electron chi connectivity index (χ1n) is 4.31. The lowest BCUT2D eigenvalue weighted by atomic mass is 9.75. The molecule has 0 aromatic carbocycles. The van der Waals surface area contributed by atoms with Crippen LogP contribution < -0.4 is 5.73 Å². The molecule has 0 rings (SSSR count). The van der Waals surface area contributed by atoms with Gasteiger partial charge in [0.25, 0.3) is 0 Å². The van der Waals surface area contributed by atoms with Crippen LogP contribution in [0.15, 0.2) is 0 Å². The molecule has 74 valence electrons. The Morgan fingerprint density at radius 1 is 1.25 bits per heavy atom. The van der Waals surface area contributed by atoms with Gasteiger partial charge < -0.3 is 15.9 Å². The molecule has 0 saturated carbocycles. The Balaban J connectivity index is 4.22. The number of hydrogen-bond acceptors (Lipinski definition) is 3. The van der Waals surface area contributed by atoms with E-state index in [1.165, 1.54) is 0 Å². The van der Waals surface area contributed by atoms with Crippen molar-refractivity contribution in [2.75, 3.05) is 6.54 Å². The van der Waals surface area contributed by atoms with Crippen LogP contribution in [0.4, 0.5) is 0 Å². The number of rotatable bonds is 3. The quantitative estimate of drug-likeness (QED) is 0.585. The van der Waals surface area contributed by atoms with Crippen LogP contribution in [0.1, 0.15) is 34.1 Å². The molecule has 0 heterocycles. The van der Waals surface area contributed by atoms with E-state index in [4.69, 9.17) is 5.73 Å². The summed E-state index contributed by atoms with van der Waals surface area (Å²) in [6.45, 7) is 7.75. The highest BCUT2D eigenvalue weighted by Gasteiger charge is 2.36. The summed E-state index contributed by atoms with van der Waals surface area (Å²) in [6.07, 6.45) is -0.285. The molecule has 0 saturated heterocycles. The first-order valence-corrected chi connectivity index (χ1v) is 4.31. The third kappa shape index (κ3) is 3.09. The number of nitrogens with two attached hydrogens (primary N) is 1. The summed E-state index contributed by atoms with van der Waals surface area (Å²) >= 11 is 0. The van der Waals surface area contributed by atoms with E-state index in [9.17, 15) is 10.2 Å². The first-order chi connectivity index (χ1) is 5.20. The molecule has 0 aliphatic heterocycles. The summed E-state index contributed by atoms with van der Waals surface area (Å²) in [4.78, 5) is 0. The lowest BCUT2D eigenvalue weighted by molar-refractivity contribution is -0.0726. The van der Waals surface area contributed by atoms with Gasteiger partial charge in [-0.2, -0.15) is 0 Å². The molecule has 0 bridgehead atoms. The molecule has 3 nitrogen and oxygen atoms in total. The molecule has 0 radical (unpaired) electrons. The zero-order valence-electron chi connectivity index (χ0n) is 8.46. The molecule has 0 spiro atoms. The van der Waals surface area contributed by atoms with E-state index in [1.807, 2.05) is 20.8 Å². The van der Waals surface area contributed by atoms with Gasteiger partial charge in [-0.25, -0.2) is 0 Å². The minimum absolute atomic E-state index is 0.201. The molecule has 0 aromatic heterocycles. The third-order valence-electron chi connectivity index (χ3n) is 2.52. The number of aliphatic hydroxyl groups is 2. The van der Waals surface area contributed by atoms with E-state index >= 15 is 0 Å². The highest BCUT2D eigenvalue weighted by atomic mass is 16.3. The van der Waals surface area contributed by atoms with Crippen LogP contribution in [0.3, 0.4) is 0 Å². The lowest BCUT2D eigenvalue weighted by Crippen LogP contribution is -2.44. The van der Waals surface area contributed by atoms with Crippen LogP contribution in [-0.2, 0) is 0 Å². The van der Waals surface area contributed by atoms with Gasteiger partial charge in [-0.15, -0.1) is 0 Å². The Hall–Kier alpha value is -0.120. The smallest absolute Gasteiger partial charge is 0.0692 e. The van der Waals surface area contributed by atoms with Crippen molar-refractivity contribution in [3.63, 3.8) is 0 Å². The Kier molecular flexibility index (Phi) is 3.69. The van der Waals surface area contributed by atoms with Gasteiger partial charge in [-0.1, -0.05) is 20.8 Å². The van der Waals surface area contributed by atoms with Gasteiger partial charge in [0.1, 0.15) is 0 Å². The van der Waals surface area contributed by atoms with E-state index < -0.39 is 11.7 Å². The monoisotopic (exact) mass is 175 g/mol. The normalized spacial score (nSPS) is 20.2. The Morgan fingerprint density at radius 3 is 1.92 bits per heavy atom. The highest BCUT2D eigenvalue weighted by molar-refractivity contribution is 4.88. The fourth-order valence-electron chi connectivity index (χ4n) is 0.848. The van der Waals surface area contributed by atoms with Crippen LogP contribution >= 0.6 is 0 Å². The van der Waals surface area contributed by atoms with Crippen molar-refractivity contribution in [3.8, 4) is 0 Å². The van der Waals surface area contributed by atoms with Gasteiger partial charge in [-0.05, 0) is 12.3 Å². The molecule has 4 N–H and O–H groups in total. The number of hydrogen-bond donors (Lipinski definition) is 3. The van der Waals surface area contributed by atoms with E-state index in [0.717, 1.165) is 0 Å². The molecule has 0 aromatic rings. The molecule has 0 amide bonds. The topological polar surface area (TPSA) is 66.5 Å². The summed E-state index contributed by atoms with van der Waals surface area (Å²) in [5.74, 6) is 0. The van der Waals surface area contributed by atoms with Gasteiger partial charge in [0.05, 0.1) is 11.7 Å². The van der Waals surface area contributed by atoms with Crippen LogP contribution in [0.5, 0.6) is 0 Å². The zero-order valence-corrected chi connectivity index (χ0v) is 8.46. The van der Waals surface area contributed by atoms with Crippen molar-refractivity contribution in [2.24, 2.45) is 11.1 Å². The van der Waals surface area contributed by atoms with Gasteiger partial charge in [0.2, 0.25) is 0 Å². The maximum atomic E-state index is 9.94. The molecule has 12 heavy (non-hydrogen) atoms. The van der Waals surface area contributed by atoms with Crippen molar-refractivity contribution in [3.05, 3.63) is 0 Å². The van der Waals surface area contributed by atoms with Gasteiger partial charge >= 0.3 is 0 Å². The fourth-order valence-corrected chi connectivity index (χ4v) is 0.848. The summed E-state index contributed by atoms with van der Waals surface area (Å²) in [5, 5.41) is 19.2. The highest BCUT2D eigenvalue weighted by Crippen LogP contribution is 2.33. The average molecular weight is 175 g/mol. The Bertz CT molecular complexity index is 138. The second-order valence-corrected chi connectivity index (χ2v) is 4.62. The SMILES string of the molecule is CC(C)(C)[C@@](C)(O)C[C@H](O)CN.